The fourth-order valence-electron chi connectivity index (χ4n) is 6.48. The third-order valence-corrected chi connectivity index (χ3v) is 7.87. The minimum Gasteiger partial charge on any atom is -0.390 e. The molecule has 4 saturated carbocycles. The van der Waals surface area contributed by atoms with Gasteiger partial charge in [-0.1, -0.05) is 19.9 Å². The summed E-state index contributed by atoms with van der Waals surface area (Å²) in [6.45, 7) is 5.73. The number of hydrogen-bond donors (Lipinski definition) is 2. The summed E-state index contributed by atoms with van der Waals surface area (Å²) in [7, 11) is 0. The number of aliphatic hydroxyl groups is 1. The van der Waals surface area contributed by atoms with Crippen molar-refractivity contribution in [3.63, 3.8) is 0 Å². The highest BCUT2D eigenvalue weighted by atomic mass is 19.1. The van der Waals surface area contributed by atoms with Gasteiger partial charge in [0.1, 0.15) is 11.4 Å². The van der Waals surface area contributed by atoms with Crippen LogP contribution >= 0.6 is 0 Å². The number of halogens is 1. The molecule has 4 bridgehead atoms. The Bertz CT molecular complexity index is 876. The van der Waals surface area contributed by atoms with E-state index >= 15 is 0 Å². The molecule has 176 valence electrons. The van der Waals surface area contributed by atoms with E-state index in [1.165, 1.54) is 0 Å². The van der Waals surface area contributed by atoms with Crippen molar-refractivity contribution < 1.29 is 19.0 Å². The van der Waals surface area contributed by atoms with Gasteiger partial charge in [-0.2, -0.15) is 5.10 Å². The summed E-state index contributed by atoms with van der Waals surface area (Å²) >= 11 is 0. The molecule has 5 aliphatic rings. The first-order valence-electron chi connectivity index (χ1n) is 12.0. The van der Waals surface area contributed by atoms with E-state index in [1.807, 2.05) is 13.8 Å². The molecule has 2 heterocycles. The first-order valence-corrected chi connectivity index (χ1v) is 12.0. The van der Waals surface area contributed by atoms with Gasteiger partial charge in [0.05, 0.1) is 31.7 Å². The fourth-order valence-corrected chi connectivity index (χ4v) is 6.48. The van der Waals surface area contributed by atoms with Crippen molar-refractivity contribution in [3.8, 4) is 0 Å². The molecule has 32 heavy (non-hydrogen) atoms. The number of morpholine rings is 1. The lowest BCUT2D eigenvalue weighted by Gasteiger charge is -2.58. The Morgan fingerprint density at radius 1 is 1.31 bits per heavy atom. The van der Waals surface area contributed by atoms with Crippen molar-refractivity contribution in [2.45, 2.75) is 57.6 Å². The zero-order chi connectivity index (χ0) is 22.5. The van der Waals surface area contributed by atoms with Gasteiger partial charge in [0.2, 0.25) is 0 Å². The number of rotatable bonds is 6. The maximum absolute atomic E-state index is 13.5. The lowest BCUT2D eigenvalue weighted by molar-refractivity contribution is -0.136. The van der Waals surface area contributed by atoms with E-state index in [2.05, 4.69) is 15.3 Å². The molecule has 7 nitrogen and oxygen atoms in total. The number of hydrogen-bond acceptors (Lipinski definition) is 5. The molecule has 0 spiro atoms. The van der Waals surface area contributed by atoms with Crippen LogP contribution in [0.2, 0.25) is 0 Å². The average Bonchev–Trinajstić information content (AvgIpc) is 3.18. The lowest BCUT2D eigenvalue weighted by Crippen LogP contribution is -2.61. The second-order valence-corrected chi connectivity index (χ2v) is 11.1. The highest BCUT2D eigenvalue weighted by molar-refractivity contribution is 5.99. The standard InChI is InChI=1S/C24H35FN4O3/c1-23(2,15-25)3-4-29-22(28-5-7-32-8-6-28)19(14-26-29)21(30)27-20-17-9-16-10-18(20)13-24(31,11-16)12-17/h3-4,14,16-18,20,31H,5-13,15H2,1-2H3,(H,27,30)/b4-3+/t16?,17?,18?,20-,24-. The molecular weight excluding hydrogens is 411 g/mol. The number of aromatic nitrogens is 2. The van der Waals surface area contributed by atoms with Gasteiger partial charge >= 0.3 is 0 Å². The Kier molecular flexibility index (Phi) is 5.56. The van der Waals surface area contributed by atoms with Crippen LogP contribution in [-0.4, -0.2) is 65.4 Å². The van der Waals surface area contributed by atoms with Crippen molar-refractivity contribution in [3.05, 3.63) is 17.8 Å². The molecule has 4 aliphatic carbocycles. The third-order valence-electron chi connectivity index (χ3n) is 7.87. The van der Waals surface area contributed by atoms with Crippen molar-refractivity contribution >= 4 is 17.9 Å². The second kappa shape index (κ2) is 8.13. The largest absolute Gasteiger partial charge is 0.390 e. The molecule has 1 aromatic heterocycles. The average molecular weight is 447 g/mol. The maximum atomic E-state index is 13.5. The number of carbonyl (C=O) groups is 1. The predicted octanol–water partition coefficient (Wildman–Crippen LogP) is 2.86. The molecule has 0 aromatic carbocycles. The minimum absolute atomic E-state index is 0.111. The number of alkyl halides is 1. The molecular formula is C24H35FN4O3. The van der Waals surface area contributed by atoms with Crippen molar-refractivity contribution in [2.75, 3.05) is 37.9 Å². The van der Waals surface area contributed by atoms with E-state index in [9.17, 15) is 14.3 Å². The van der Waals surface area contributed by atoms with Gasteiger partial charge in [-0.15, -0.1) is 0 Å². The molecule has 1 saturated heterocycles. The van der Waals surface area contributed by atoms with Crippen LogP contribution in [0, 0.1) is 23.2 Å². The van der Waals surface area contributed by atoms with Crippen LogP contribution in [0.1, 0.15) is 56.3 Å². The summed E-state index contributed by atoms with van der Waals surface area (Å²) in [5, 5.41) is 18.7. The molecule has 0 radical (unpaired) electrons. The molecule has 1 aromatic rings. The topological polar surface area (TPSA) is 79.6 Å². The molecule has 1 amide bonds. The van der Waals surface area contributed by atoms with Gasteiger partial charge in [0, 0.05) is 30.7 Å². The summed E-state index contributed by atoms with van der Waals surface area (Å²) < 4.78 is 20.5. The first-order chi connectivity index (χ1) is 15.3. The normalized spacial score (nSPS) is 34.4. The fraction of sp³-hybridized carbons (Fsp3) is 0.750. The molecule has 2 atom stereocenters. The Balaban J connectivity index is 1.39. The number of carbonyl (C=O) groups excluding carboxylic acids is 1. The van der Waals surface area contributed by atoms with Crippen molar-refractivity contribution in [1.82, 2.24) is 15.1 Å². The van der Waals surface area contributed by atoms with E-state index in [0.717, 1.165) is 37.9 Å². The van der Waals surface area contributed by atoms with Gasteiger partial charge < -0.3 is 20.1 Å². The van der Waals surface area contributed by atoms with E-state index in [4.69, 9.17) is 4.74 Å². The summed E-state index contributed by atoms with van der Waals surface area (Å²) in [6, 6.07) is 0.112. The Hall–Kier alpha value is -1.93. The smallest absolute Gasteiger partial charge is 0.256 e. The van der Waals surface area contributed by atoms with E-state index in [-0.39, 0.29) is 11.9 Å². The number of nitrogens with one attached hydrogen (secondary N) is 1. The van der Waals surface area contributed by atoms with E-state index < -0.39 is 17.7 Å². The molecule has 2 unspecified atom stereocenters. The second-order valence-electron chi connectivity index (χ2n) is 11.1. The number of anilines is 1. The quantitative estimate of drug-likeness (QED) is 0.703. The van der Waals surface area contributed by atoms with Gasteiger partial charge in [-0.25, -0.2) is 4.68 Å². The number of allylic oxidation sites excluding steroid dienone is 1. The van der Waals surface area contributed by atoms with Gasteiger partial charge in [-0.3, -0.25) is 9.18 Å². The monoisotopic (exact) mass is 446 g/mol. The Morgan fingerprint density at radius 3 is 2.62 bits per heavy atom. The van der Waals surface area contributed by atoms with Crippen LogP contribution in [0.5, 0.6) is 0 Å². The Morgan fingerprint density at radius 2 is 2.00 bits per heavy atom. The van der Waals surface area contributed by atoms with Gasteiger partial charge in [0.25, 0.3) is 5.91 Å². The maximum Gasteiger partial charge on any atom is 0.256 e. The SMILES string of the molecule is CC(C)(/C=C/n1ncc(C(=O)N[C@H]2C3CC4CC2C[C@](O)(C4)C3)c1N1CCOCC1)CF. The molecule has 6 rings (SSSR count). The van der Waals surface area contributed by atoms with Gasteiger partial charge in [-0.05, 0) is 49.9 Å². The van der Waals surface area contributed by atoms with E-state index in [0.29, 0.717) is 49.6 Å². The van der Waals surface area contributed by atoms with Crippen molar-refractivity contribution in [2.24, 2.45) is 23.2 Å². The number of ether oxygens (including phenoxy) is 1. The van der Waals surface area contributed by atoms with Crippen LogP contribution in [0.4, 0.5) is 10.2 Å². The van der Waals surface area contributed by atoms with Crippen LogP contribution in [0.3, 0.4) is 0 Å². The van der Waals surface area contributed by atoms with Crippen molar-refractivity contribution in [1.29, 1.82) is 0 Å². The zero-order valence-corrected chi connectivity index (χ0v) is 19.1. The van der Waals surface area contributed by atoms with Crippen LogP contribution in [0.15, 0.2) is 12.3 Å². The predicted molar refractivity (Wildman–Crippen MR) is 120 cm³/mol. The van der Waals surface area contributed by atoms with E-state index in [1.54, 1.807) is 23.2 Å². The molecule has 2 N–H and O–H groups in total. The number of nitrogens with zero attached hydrogens (tertiary/aromatic N) is 3. The first kappa shape index (κ1) is 21.9. The molecule has 8 heteroatoms. The zero-order valence-electron chi connectivity index (χ0n) is 19.1. The summed E-state index contributed by atoms with van der Waals surface area (Å²) in [5.74, 6) is 1.92. The third kappa shape index (κ3) is 4.07. The lowest BCUT2D eigenvalue weighted by atomic mass is 9.52. The summed E-state index contributed by atoms with van der Waals surface area (Å²) in [4.78, 5) is 15.6. The highest BCUT2D eigenvalue weighted by Crippen LogP contribution is 2.55. The van der Waals surface area contributed by atoms with Crippen LogP contribution in [-0.2, 0) is 4.74 Å². The Labute approximate surface area is 189 Å². The minimum atomic E-state index is -0.600. The van der Waals surface area contributed by atoms with Crippen LogP contribution in [0.25, 0.3) is 6.20 Å². The molecule has 1 aliphatic heterocycles. The number of amides is 1. The highest BCUT2D eigenvalue weighted by Gasteiger charge is 2.55. The van der Waals surface area contributed by atoms with Gasteiger partial charge in [0.15, 0.2) is 0 Å². The summed E-state index contributed by atoms with van der Waals surface area (Å²) in [6.07, 6.45) is 9.89. The summed E-state index contributed by atoms with van der Waals surface area (Å²) in [5.41, 5.74) is -0.575. The van der Waals surface area contributed by atoms with Crippen LogP contribution < -0.4 is 10.2 Å². The molecule has 5 fully saturated rings.